The Labute approximate surface area is 144 Å². The summed E-state index contributed by atoms with van der Waals surface area (Å²) < 4.78 is 11.7. The molecule has 5 heteroatoms. The van der Waals surface area contributed by atoms with E-state index in [2.05, 4.69) is 14.0 Å². The summed E-state index contributed by atoms with van der Waals surface area (Å²) >= 11 is 0. The number of rotatable bonds is 6. The zero-order chi connectivity index (χ0) is 14.4. The molecule has 1 saturated heterocycles. The highest BCUT2D eigenvalue weighted by molar-refractivity contribution is 5.97. The second-order valence-electron chi connectivity index (χ2n) is 5.63. The van der Waals surface area contributed by atoms with Gasteiger partial charge in [-0.2, -0.15) is 0 Å². The highest BCUT2D eigenvalue weighted by Gasteiger charge is 2.28. The first-order chi connectivity index (χ1) is 9.63. The van der Waals surface area contributed by atoms with E-state index in [1.165, 1.54) is 0 Å². The highest BCUT2D eigenvalue weighted by Crippen LogP contribution is 2.15. The fourth-order valence-corrected chi connectivity index (χ4v) is 2.34. The zero-order valence-corrected chi connectivity index (χ0v) is 15.0. The van der Waals surface area contributed by atoms with Gasteiger partial charge in [0, 0.05) is 5.56 Å². The quantitative estimate of drug-likeness (QED) is 0.351. The van der Waals surface area contributed by atoms with Crippen LogP contribution in [0.15, 0.2) is 24.3 Å². The van der Waals surface area contributed by atoms with Gasteiger partial charge in [0.05, 0.1) is 26.9 Å². The van der Waals surface area contributed by atoms with Gasteiger partial charge < -0.3 is 37.9 Å². The molecule has 0 radical (unpaired) electrons. The van der Waals surface area contributed by atoms with E-state index < -0.39 is 0 Å². The number of hydrogen-bond acceptors (Lipinski definition) is 3. The van der Waals surface area contributed by atoms with Crippen LogP contribution in [0.25, 0.3) is 0 Å². The molecule has 1 aliphatic rings. The van der Waals surface area contributed by atoms with Crippen molar-refractivity contribution in [3.05, 3.63) is 29.8 Å². The van der Waals surface area contributed by atoms with Crippen LogP contribution in [0.1, 0.15) is 23.7 Å². The van der Waals surface area contributed by atoms with E-state index in [9.17, 15) is 4.79 Å². The van der Waals surface area contributed by atoms with Crippen molar-refractivity contribution in [2.75, 3.05) is 46.5 Å². The van der Waals surface area contributed by atoms with Gasteiger partial charge in [0.2, 0.25) is 5.78 Å². The van der Waals surface area contributed by atoms with Crippen LogP contribution >= 0.6 is 0 Å². The van der Waals surface area contributed by atoms with Crippen LogP contribution in [0.2, 0.25) is 0 Å². The minimum atomic E-state index is 0. The number of nitrogens with zero attached hydrogens (tertiary/aromatic N) is 1. The molecule has 0 aromatic heterocycles. The van der Waals surface area contributed by atoms with Crippen molar-refractivity contribution >= 4 is 5.78 Å². The van der Waals surface area contributed by atoms with Crippen LogP contribution in [-0.2, 0) is 4.74 Å². The van der Waals surface area contributed by atoms with Crippen molar-refractivity contribution in [2.24, 2.45) is 0 Å². The molecule has 2 rings (SSSR count). The first-order valence-electron chi connectivity index (χ1n) is 7.30. The predicted molar refractivity (Wildman–Crippen MR) is 78.2 cm³/mol. The number of benzene rings is 1. The van der Waals surface area contributed by atoms with E-state index in [0.29, 0.717) is 13.2 Å². The third kappa shape index (κ3) is 5.56. The summed E-state index contributed by atoms with van der Waals surface area (Å²) in [4.78, 5) is 12.3. The largest absolute Gasteiger partial charge is 1.00 e. The molecule has 118 valence electrons. The Morgan fingerprint density at radius 1 is 1.24 bits per heavy atom. The molecule has 0 spiro atoms. The molecule has 0 bridgehead atoms. The number of halogens is 1. The Kier molecular flexibility index (Phi) is 7.62. The van der Waals surface area contributed by atoms with Crippen molar-refractivity contribution < 1.29 is 42.7 Å². The standard InChI is InChI=1S/C16H24NO3.HI/c1-3-10-20-15-6-4-14(5-7-15)16(18)13-17(2)8-11-19-12-9-17;/h4-7H,3,8-13H2,1-2H3;1H/q+1;/p-1. The lowest BCUT2D eigenvalue weighted by Crippen LogP contribution is -3.00. The molecular formula is C16H24INO3. The van der Waals surface area contributed by atoms with Crippen LogP contribution in [0, 0.1) is 0 Å². The predicted octanol–water partition coefficient (Wildman–Crippen LogP) is -0.861. The summed E-state index contributed by atoms with van der Waals surface area (Å²) in [5.41, 5.74) is 0.764. The van der Waals surface area contributed by atoms with Crippen LogP contribution in [0.3, 0.4) is 0 Å². The summed E-state index contributed by atoms with van der Waals surface area (Å²) in [6, 6.07) is 7.48. The summed E-state index contributed by atoms with van der Waals surface area (Å²) in [7, 11) is 2.12. The fourth-order valence-electron chi connectivity index (χ4n) is 2.34. The number of carbonyl (C=O) groups is 1. The van der Waals surface area contributed by atoms with Crippen LogP contribution < -0.4 is 28.7 Å². The molecule has 0 N–H and O–H groups in total. The minimum absolute atomic E-state index is 0. The third-order valence-corrected chi connectivity index (χ3v) is 3.73. The molecule has 1 heterocycles. The molecule has 1 fully saturated rings. The van der Waals surface area contributed by atoms with Crippen LogP contribution in [0.5, 0.6) is 5.75 Å². The number of quaternary nitrogens is 1. The van der Waals surface area contributed by atoms with Crippen LogP contribution in [-0.4, -0.2) is 56.8 Å². The summed E-state index contributed by atoms with van der Waals surface area (Å²) in [5, 5.41) is 0. The van der Waals surface area contributed by atoms with Gasteiger partial charge in [-0.15, -0.1) is 0 Å². The first-order valence-corrected chi connectivity index (χ1v) is 7.30. The van der Waals surface area contributed by atoms with Gasteiger partial charge >= 0.3 is 0 Å². The lowest BCUT2D eigenvalue weighted by atomic mass is 10.1. The molecular weight excluding hydrogens is 381 g/mol. The first kappa shape index (κ1) is 18.4. The summed E-state index contributed by atoms with van der Waals surface area (Å²) in [6.07, 6.45) is 0.985. The molecule has 1 aromatic rings. The number of ether oxygens (including phenoxy) is 2. The lowest BCUT2D eigenvalue weighted by molar-refractivity contribution is -0.908. The molecule has 0 saturated carbocycles. The summed E-state index contributed by atoms with van der Waals surface area (Å²) in [6.45, 7) is 6.62. The second-order valence-corrected chi connectivity index (χ2v) is 5.63. The molecule has 0 aliphatic carbocycles. The number of likely N-dealkylation sites (N-methyl/N-ethyl adjacent to an activating group) is 1. The molecule has 0 unspecified atom stereocenters. The second kappa shape index (κ2) is 8.70. The van der Waals surface area contributed by atoms with Crippen molar-refractivity contribution in [1.82, 2.24) is 0 Å². The van der Waals surface area contributed by atoms with E-state index >= 15 is 0 Å². The highest BCUT2D eigenvalue weighted by atomic mass is 127. The van der Waals surface area contributed by atoms with Crippen LogP contribution in [0.4, 0.5) is 0 Å². The van der Waals surface area contributed by atoms with Gasteiger partial charge in [0.25, 0.3) is 0 Å². The van der Waals surface area contributed by atoms with Gasteiger partial charge in [-0.25, -0.2) is 0 Å². The number of hydrogen-bond donors (Lipinski definition) is 0. The Hall–Kier alpha value is -0.660. The number of carbonyl (C=O) groups excluding carboxylic acids is 1. The Balaban J connectivity index is 0.00000220. The van der Waals surface area contributed by atoms with Crippen molar-refractivity contribution in [3.63, 3.8) is 0 Å². The van der Waals surface area contributed by atoms with Crippen molar-refractivity contribution in [3.8, 4) is 5.75 Å². The monoisotopic (exact) mass is 405 g/mol. The van der Waals surface area contributed by atoms with E-state index in [0.717, 1.165) is 48.5 Å². The molecule has 0 amide bonds. The topological polar surface area (TPSA) is 35.5 Å². The molecule has 0 atom stereocenters. The lowest BCUT2D eigenvalue weighted by Gasteiger charge is -2.36. The SMILES string of the molecule is CCCOc1ccc(C(=O)C[N+]2(C)CCOCC2)cc1.[I-]. The van der Waals surface area contributed by atoms with E-state index in [-0.39, 0.29) is 29.8 Å². The van der Waals surface area contributed by atoms with Gasteiger partial charge in [0.15, 0.2) is 0 Å². The Bertz CT molecular complexity index is 441. The number of morpholine rings is 1. The van der Waals surface area contributed by atoms with Gasteiger partial charge in [-0.05, 0) is 30.7 Å². The normalized spacial score (nSPS) is 16.9. The van der Waals surface area contributed by atoms with E-state index in [1.54, 1.807) is 0 Å². The Morgan fingerprint density at radius 2 is 1.86 bits per heavy atom. The molecule has 1 aromatic carbocycles. The molecule has 21 heavy (non-hydrogen) atoms. The molecule has 1 aliphatic heterocycles. The number of ketones is 1. The fraction of sp³-hybridized carbons (Fsp3) is 0.562. The maximum absolute atomic E-state index is 12.3. The third-order valence-electron chi connectivity index (χ3n) is 3.73. The van der Waals surface area contributed by atoms with Crippen molar-refractivity contribution in [2.45, 2.75) is 13.3 Å². The molecule has 4 nitrogen and oxygen atoms in total. The average Bonchev–Trinajstić information content (AvgIpc) is 2.46. The zero-order valence-electron chi connectivity index (χ0n) is 12.8. The van der Waals surface area contributed by atoms with Gasteiger partial charge in [-0.3, -0.25) is 4.79 Å². The van der Waals surface area contributed by atoms with E-state index in [4.69, 9.17) is 9.47 Å². The van der Waals surface area contributed by atoms with E-state index in [1.807, 2.05) is 24.3 Å². The smallest absolute Gasteiger partial charge is 0.216 e. The number of Topliss-reactive ketones (excluding diaryl/α,β-unsaturated/α-hetero) is 1. The van der Waals surface area contributed by atoms with Gasteiger partial charge in [-0.1, -0.05) is 6.92 Å². The van der Waals surface area contributed by atoms with Gasteiger partial charge in [0.1, 0.15) is 25.4 Å². The maximum Gasteiger partial charge on any atom is 0.216 e. The summed E-state index contributed by atoms with van der Waals surface area (Å²) in [5.74, 6) is 1.02. The maximum atomic E-state index is 12.3. The average molecular weight is 405 g/mol. The Morgan fingerprint density at radius 3 is 2.43 bits per heavy atom. The van der Waals surface area contributed by atoms with Crippen molar-refractivity contribution in [1.29, 1.82) is 0 Å². The minimum Gasteiger partial charge on any atom is -1.00 e.